The van der Waals surface area contributed by atoms with Gasteiger partial charge in [0.15, 0.2) is 0 Å². The number of benzene rings is 3. The second-order valence-corrected chi connectivity index (χ2v) is 6.48. The molecule has 0 unspecified atom stereocenters. The Hall–Kier alpha value is -2.74. The van der Waals surface area contributed by atoms with Crippen LogP contribution in [0.15, 0.2) is 55.1 Å². The first kappa shape index (κ1) is 15.8. The van der Waals surface area contributed by atoms with E-state index in [4.69, 9.17) is 9.47 Å². The summed E-state index contributed by atoms with van der Waals surface area (Å²) in [5, 5.41) is 2.52. The molecule has 1 aliphatic rings. The molecule has 0 atom stereocenters. The lowest BCUT2D eigenvalue weighted by atomic mass is 9.80. The lowest BCUT2D eigenvalue weighted by Crippen LogP contribution is -2.08. The van der Waals surface area contributed by atoms with E-state index >= 15 is 0 Å². The normalized spacial score (nSPS) is 12.4. The average Bonchev–Trinajstić information content (AvgIpc) is 2.67. The van der Waals surface area contributed by atoms with E-state index in [-0.39, 0.29) is 0 Å². The third kappa shape index (κ3) is 2.58. The number of aryl methyl sites for hydroxylation is 1. The molecule has 0 bridgehead atoms. The average molecular weight is 330 g/mol. The molecule has 1 aliphatic carbocycles. The number of hydrogen-bond acceptors (Lipinski definition) is 2. The zero-order valence-corrected chi connectivity index (χ0v) is 14.8. The minimum atomic E-state index is 0.873. The maximum Gasteiger partial charge on any atom is 0.119 e. The molecular formula is C23H22O2. The van der Waals surface area contributed by atoms with E-state index in [1.807, 2.05) is 12.1 Å². The predicted octanol–water partition coefficient (Wildman–Crippen LogP) is 5.35. The maximum absolute atomic E-state index is 5.44. The SMILES string of the molecule is C=CCc1c2c(cc3ccc(OC)cc13)-c1ccc(OC)cc1CC2. The topological polar surface area (TPSA) is 18.5 Å². The van der Waals surface area contributed by atoms with Gasteiger partial charge >= 0.3 is 0 Å². The number of hydrogen-bond donors (Lipinski definition) is 0. The highest BCUT2D eigenvalue weighted by molar-refractivity contribution is 5.94. The Kier molecular flexibility index (Phi) is 3.96. The number of ether oxygens (including phenoxy) is 2. The molecule has 0 fully saturated rings. The van der Waals surface area contributed by atoms with E-state index in [2.05, 4.69) is 43.0 Å². The molecule has 3 aromatic rings. The van der Waals surface area contributed by atoms with Crippen LogP contribution < -0.4 is 9.47 Å². The fraction of sp³-hybridized carbons (Fsp3) is 0.217. The molecule has 0 heterocycles. The summed E-state index contributed by atoms with van der Waals surface area (Å²) in [4.78, 5) is 0. The lowest BCUT2D eigenvalue weighted by molar-refractivity contribution is 0.414. The predicted molar refractivity (Wildman–Crippen MR) is 104 cm³/mol. The van der Waals surface area contributed by atoms with E-state index < -0.39 is 0 Å². The number of allylic oxidation sites excluding steroid dienone is 1. The third-order valence-corrected chi connectivity index (χ3v) is 5.17. The van der Waals surface area contributed by atoms with Crippen LogP contribution in [0.3, 0.4) is 0 Å². The molecule has 3 aromatic carbocycles. The molecule has 4 rings (SSSR count). The molecule has 0 aromatic heterocycles. The van der Waals surface area contributed by atoms with Gasteiger partial charge in [-0.3, -0.25) is 0 Å². The second-order valence-electron chi connectivity index (χ2n) is 6.48. The van der Waals surface area contributed by atoms with E-state index in [0.29, 0.717) is 0 Å². The molecule has 0 spiro atoms. The number of methoxy groups -OCH3 is 2. The maximum atomic E-state index is 5.44. The van der Waals surface area contributed by atoms with Gasteiger partial charge < -0.3 is 9.47 Å². The minimum absolute atomic E-state index is 0.873. The summed E-state index contributed by atoms with van der Waals surface area (Å²) in [7, 11) is 3.44. The van der Waals surface area contributed by atoms with Gasteiger partial charge in [-0.2, -0.15) is 0 Å². The summed E-state index contributed by atoms with van der Waals surface area (Å²) in [6, 6.07) is 15.1. The highest BCUT2D eigenvalue weighted by Gasteiger charge is 2.21. The van der Waals surface area contributed by atoms with Gasteiger partial charge in [0.2, 0.25) is 0 Å². The van der Waals surface area contributed by atoms with E-state index in [1.54, 1.807) is 14.2 Å². The van der Waals surface area contributed by atoms with Crippen molar-refractivity contribution in [1.29, 1.82) is 0 Å². The van der Waals surface area contributed by atoms with Gasteiger partial charge in [-0.1, -0.05) is 18.2 Å². The fourth-order valence-electron chi connectivity index (χ4n) is 3.95. The Bertz CT molecular complexity index is 969. The van der Waals surface area contributed by atoms with Crippen LogP contribution in [0.5, 0.6) is 11.5 Å². The summed E-state index contributed by atoms with van der Waals surface area (Å²) in [5.74, 6) is 1.83. The van der Waals surface area contributed by atoms with Crippen LogP contribution in [0.4, 0.5) is 0 Å². The first-order valence-electron chi connectivity index (χ1n) is 8.66. The summed E-state index contributed by atoms with van der Waals surface area (Å²) in [6.07, 6.45) is 4.96. The van der Waals surface area contributed by atoms with Crippen LogP contribution in [0.1, 0.15) is 16.7 Å². The summed E-state index contributed by atoms with van der Waals surface area (Å²) < 4.78 is 10.8. The molecule has 0 saturated heterocycles. The summed E-state index contributed by atoms with van der Waals surface area (Å²) in [6.45, 7) is 3.97. The zero-order chi connectivity index (χ0) is 17.4. The van der Waals surface area contributed by atoms with Crippen LogP contribution in [0, 0.1) is 0 Å². The van der Waals surface area contributed by atoms with Crippen molar-refractivity contribution in [2.45, 2.75) is 19.3 Å². The fourth-order valence-corrected chi connectivity index (χ4v) is 3.95. The Labute approximate surface area is 148 Å². The number of fused-ring (bicyclic) bond motifs is 4. The van der Waals surface area contributed by atoms with Gasteiger partial charge in [0.1, 0.15) is 11.5 Å². The second kappa shape index (κ2) is 6.29. The van der Waals surface area contributed by atoms with E-state index in [1.165, 1.54) is 38.6 Å². The number of rotatable bonds is 4. The van der Waals surface area contributed by atoms with Crippen LogP contribution in [-0.2, 0) is 19.3 Å². The molecule has 0 saturated carbocycles. The van der Waals surface area contributed by atoms with Crippen LogP contribution in [0.25, 0.3) is 21.9 Å². The Morgan fingerprint density at radius 1 is 0.920 bits per heavy atom. The third-order valence-electron chi connectivity index (χ3n) is 5.17. The van der Waals surface area contributed by atoms with Crippen molar-refractivity contribution < 1.29 is 9.47 Å². The van der Waals surface area contributed by atoms with Crippen molar-refractivity contribution in [3.63, 3.8) is 0 Å². The van der Waals surface area contributed by atoms with Gasteiger partial charge in [-0.25, -0.2) is 0 Å². The summed E-state index contributed by atoms with van der Waals surface area (Å²) >= 11 is 0. The van der Waals surface area contributed by atoms with Crippen molar-refractivity contribution >= 4 is 10.8 Å². The zero-order valence-electron chi connectivity index (χ0n) is 14.8. The van der Waals surface area contributed by atoms with Crippen molar-refractivity contribution in [2.24, 2.45) is 0 Å². The summed E-state index contributed by atoms with van der Waals surface area (Å²) in [5.41, 5.74) is 6.86. The first-order chi connectivity index (χ1) is 12.2. The molecule has 25 heavy (non-hydrogen) atoms. The highest BCUT2D eigenvalue weighted by atomic mass is 16.5. The van der Waals surface area contributed by atoms with Crippen LogP contribution in [0.2, 0.25) is 0 Å². The van der Waals surface area contributed by atoms with Crippen LogP contribution in [-0.4, -0.2) is 14.2 Å². The largest absolute Gasteiger partial charge is 0.497 e. The Balaban J connectivity index is 2.00. The highest BCUT2D eigenvalue weighted by Crippen LogP contribution is 2.41. The quantitative estimate of drug-likeness (QED) is 0.600. The van der Waals surface area contributed by atoms with Gasteiger partial charge in [0, 0.05) is 0 Å². The Morgan fingerprint density at radius 3 is 2.44 bits per heavy atom. The Morgan fingerprint density at radius 2 is 1.68 bits per heavy atom. The van der Waals surface area contributed by atoms with Gasteiger partial charge in [0.05, 0.1) is 14.2 Å². The van der Waals surface area contributed by atoms with E-state index in [9.17, 15) is 0 Å². The van der Waals surface area contributed by atoms with Crippen molar-refractivity contribution in [1.82, 2.24) is 0 Å². The molecule has 2 heteroatoms. The van der Waals surface area contributed by atoms with Crippen molar-refractivity contribution in [2.75, 3.05) is 14.2 Å². The molecule has 0 radical (unpaired) electrons. The van der Waals surface area contributed by atoms with Gasteiger partial charge in [-0.15, -0.1) is 6.58 Å². The van der Waals surface area contributed by atoms with Gasteiger partial charge in [0.25, 0.3) is 0 Å². The molecule has 0 amide bonds. The lowest BCUT2D eigenvalue weighted by Gasteiger charge is -2.24. The monoisotopic (exact) mass is 330 g/mol. The first-order valence-corrected chi connectivity index (χ1v) is 8.66. The van der Waals surface area contributed by atoms with Crippen molar-refractivity contribution in [3.8, 4) is 22.6 Å². The molecular weight excluding hydrogens is 308 g/mol. The van der Waals surface area contributed by atoms with E-state index in [0.717, 1.165) is 30.8 Å². The van der Waals surface area contributed by atoms with Crippen LogP contribution >= 0.6 is 0 Å². The molecule has 0 aliphatic heterocycles. The molecule has 126 valence electrons. The van der Waals surface area contributed by atoms with Gasteiger partial charge in [-0.05, 0) is 88.2 Å². The minimum Gasteiger partial charge on any atom is -0.497 e. The molecule has 0 N–H and O–H groups in total. The smallest absolute Gasteiger partial charge is 0.119 e. The van der Waals surface area contributed by atoms with Crippen molar-refractivity contribution in [3.05, 3.63) is 71.8 Å². The standard InChI is InChI=1S/C23H22O2/c1-4-5-20-21-10-7-15-12-17(24-2)9-11-19(15)23(21)13-16-6-8-18(25-3)14-22(16)20/h4,6,8-9,11-14H,1,5,7,10H2,2-3H3. The molecule has 2 nitrogen and oxygen atoms in total.